The lowest BCUT2D eigenvalue weighted by atomic mass is 9.96. The molecule has 2 amide bonds. The smallest absolute Gasteiger partial charge is 0.225 e. The molecular weight excluding hydrogens is 492 g/mol. The molecule has 3 aromatic rings. The third-order valence-corrected chi connectivity index (χ3v) is 6.82. The molecule has 1 atom stereocenters. The predicted octanol–water partition coefficient (Wildman–Crippen LogP) is 3.96. The second-order valence-corrected chi connectivity index (χ2v) is 9.86. The summed E-state index contributed by atoms with van der Waals surface area (Å²) in [5, 5.41) is 0.610. The van der Waals surface area contributed by atoms with Crippen molar-refractivity contribution in [3.63, 3.8) is 0 Å². The van der Waals surface area contributed by atoms with Crippen LogP contribution in [0.2, 0.25) is 5.02 Å². The molecule has 1 aliphatic rings. The number of benzene rings is 2. The molecule has 0 aliphatic carbocycles. The molecule has 8 nitrogen and oxygen atoms in total. The van der Waals surface area contributed by atoms with E-state index in [0.717, 1.165) is 11.4 Å². The normalized spacial score (nSPS) is 17.4. The van der Waals surface area contributed by atoms with Gasteiger partial charge in [-0.15, -0.1) is 0 Å². The molecule has 1 saturated heterocycles. The summed E-state index contributed by atoms with van der Waals surface area (Å²) in [4.78, 5) is 34.2. The molecule has 2 aromatic carbocycles. The van der Waals surface area contributed by atoms with Crippen molar-refractivity contribution < 1.29 is 19.1 Å². The largest absolute Gasteiger partial charge is 0.490 e. The van der Waals surface area contributed by atoms with Crippen molar-refractivity contribution in [3.05, 3.63) is 83.4 Å². The number of hydrogen-bond donors (Lipinski definition) is 0. The van der Waals surface area contributed by atoms with Crippen molar-refractivity contribution in [2.75, 3.05) is 33.4 Å². The van der Waals surface area contributed by atoms with Gasteiger partial charge in [0.25, 0.3) is 0 Å². The van der Waals surface area contributed by atoms with Crippen LogP contribution in [-0.4, -0.2) is 70.1 Å². The number of hydrogen-bond acceptors (Lipinski definition) is 5. The molecule has 1 aliphatic heterocycles. The fourth-order valence-corrected chi connectivity index (χ4v) is 4.54. The third kappa shape index (κ3) is 7.33. The van der Waals surface area contributed by atoms with Crippen molar-refractivity contribution in [1.82, 2.24) is 19.4 Å². The zero-order valence-corrected chi connectivity index (χ0v) is 22.1. The van der Waals surface area contributed by atoms with Crippen LogP contribution in [0, 0.1) is 6.92 Å². The van der Waals surface area contributed by atoms with Crippen molar-refractivity contribution in [1.29, 1.82) is 0 Å². The lowest BCUT2D eigenvalue weighted by Gasteiger charge is -2.42. The number of rotatable bonds is 10. The van der Waals surface area contributed by atoms with E-state index in [2.05, 4.69) is 4.98 Å². The van der Waals surface area contributed by atoms with Crippen LogP contribution in [0.15, 0.2) is 67.0 Å². The number of aromatic nitrogens is 2. The fourth-order valence-electron chi connectivity index (χ4n) is 4.42. The zero-order valence-electron chi connectivity index (χ0n) is 21.3. The minimum atomic E-state index is -0.972. The van der Waals surface area contributed by atoms with Gasteiger partial charge >= 0.3 is 0 Å². The molecule has 9 heteroatoms. The maximum absolute atomic E-state index is 13.3. The fraction of sp³-hybridized carbons (Fsp3) is 0.393. The summed E-state index contributed by atoms with van der Waals surface area (Å²) in [6.07, 6.45) is 4.03. The quantitative estimate of drug-likeness (QED) is 0.401. The van der Waals surface area contributed by atoms with Gasteiger partial charge in [0.2, 0.25) is 11.8 Å². The van der Waals surface area contributed by atoms with Crippen LogP contribution in [0.25, 0.3) is 0 Å². The molecule has 1 fully saturated rings. The van der Waals surface area contributed by atoms with Crippen LogP contribution in [0.5, 0.6) is 5.75 Å². The molecule has 0 saturated carbocycles. The van der Waals surface area contributed by atoms with Crippen LogP contribution >= 0.6 is 11.6 Å². The number of amides is 2. The van der Waals surface area contributed by atoms with Gasteiger partial charge in [0.1, 0.15) is 23.8 Å². The highest BCUT2D eigenvalue weighted by Gasteiger charge is 2.42. The second kappa shape index (κ2) is 12.3. The summed E-state index contributed by atoms with van der Waals surface area (Å²) in [5.41, 5.74) is 0.0708. The van der Waals surface area contributed by atoms with Crippen molar-refractivity contribution in [3.8, 4) is 5.75 Å². The summed E-state index contributed by atoms with van der Waals surface area (Å²) in [7, 11) is 1.78. The van der Waals surface area contributed by atoms with Crippen LogP contribution < -0.4 is 4.74 Å². The van der Waals surface area contributed by atoms with Gasteiger partial charge in [-0.3, -0.25) is 9.59 Å². The first kappa shape index (κ1) is 26.7. The minimum Gasteiger partial charge on any atom is -0.490 e. The maximum Gasteiger partial charge on any atom is 0.225 e. The van der Waals surface area contributed by atoms with E-state index in [0.29, 0.717) is 43.4 Å². The van der Waals surface area contributed by atoms with Crippen LogP contribution in [0.1, 0.15) is 24.2 Å². The number of morpholine rings is 1. The first-order valence-corrected chi connectivity index (χ1v) is 12.8. The lowest BCUT2D eigenvalue weighted by Crippen LogP contribution is -2.58. The first-order chi connectivity index (χ1) is 17.8. The number of ether oxygens (including phenoxy) is 2. The van der Waals surface area contributed by atoms with E-state index in [4.69, 9.17) is 21.1 Å². The van der Waals surface area contributed by atoms with Crippen molar-refractivity contribution in [2.45, 2.75) is 38.5 Å². The first-order valence-electron chi connectivity index (χ1n) is 12.4. The Morgan fingerprint density at radius 2 is 1.92 bits per heavy atom. The lowest BCUT2D eigenvalue weighted by molar-refractivity contribution is -0.165. The van der Waals surface area contributed by atoms with E-state index >= 15 is 0 Å². The molecule has 0 bridgehead atoms. The van der Waals surface area contributed by atoms with Crippen LogP contribution in [0.4, 0.5) is 0 Å². The van der Waals surface area contributed by atoms with E-state index in [-0.39, 0.29) is 31.4 Å². The Morgan fingerprint density at radius 3 is 2.62 bits per heavy atom. The summed E-state index contributed by atoms with van der Waals surface area (Å²) < 4.78 is 14.2. The SMILES string of the molecule is Cc1nccn1CCC(=O)N1CCO[C@](COc2ccc(Cl)cc2)(CC(=O)N(C)Cc2ccccc2)C1. The number of nitrogens with zero attached hydrogens (tertiary/aromatic N) is 4. The average Bonchev–Trinajstić information content (AvgIpc) is 3.32. The van der Waals surface area contributed by atoms with Gasteiger partial charge in [-0.2, -0.15) is 0 Å². The van der Waals surface area contributed by atoms with E-state index in [9.17, 15) is 9.59 Å². The molecule has 4 rings (SSSR count). The molecule has 0 N–H and O–H groups in total. The van der Waals surface area contributed by atoms with Gasteiger partial charge in [0.05, 0.1) is 19.6 Å². The zero-order chi connectivity index (χ0) is 26.3. The van der Waals surface area contributed by atoms with Crippen LogP contribution in [0.3, 0.4) is 0 Å². The predicted molar refractivity (Wildman–Crippen MR) is 141 cm³/mol. The number of imidazole rings is 1. The summed E-state index contributed by atoms with van der Waals surface area (Å²) in [5.74, 6) is 1.42. The molecule has 0 unspecified atom stereocenters. The minimum absolute atomic E-state index is 0.0114. The van der Waals surface area contributed by atoms with Crippen molar-refractivity contribution >= 4 is 23.4 Å². The summed E-state index contributed by atoms with van der Waals surface area (Å²) in [6, 6.07) is 16.9. The van der Waals surface area contributed by atoms with Crippen LogP contribution in [-0.2, 0) is 27.4 Å². The van der Waals surface area contributed by atoms with E-state index < -0.39 is 5.60 Å². The van der Waals surface area contributed by atoms with Crippen molar-refractivity contribution in [2.24, 2.45) is 0 Å². The highest BCUT2D eigenvalue weighted by molar-refractivity contribution is 6.30. The molecule has 37 heavy (non-hydrogen) atoms. The Kier molecular flexibility index (Phi) is 8.84. The second-order valence-electron chi connectivity index (χ2n) is 9.42. The molecule has 0 radical (unpaired) electrons. The Labute approximate surface area is 222 Å². The van der Waals surface area contributed by atoms with E-state index in [1.807, 2.05) is 48.0 Å². The van der Waals surface area contributed by atoms with E-state index in [1.54, 1.807) is 47.3 Å². The average molecular weight is 525 g/mol. The van der Waals surface area contributed by atoms with Gasteiger partial charge in [0.15, 0.2) is 0 Å². The maximum atomic E-state index is 13.3. The third-order valence-electron chi connectivity index (χ3n) is 6.57. The van der Waals surface area contributed by atoms with E-state index in [1.165, 1.54) is 0 Å². The topological polar surface area (TPSA) is 76.9 Å². The Bertz CT molecular complexity index is 1180. The summed E-state index contributed by atoms with van der Waals surface area (Å²) in [6.45, 7) is 4.15. The standard InChI is InChI=1S/C28H33ClN4O4/c1-22-30-13-15-32(22)14-12-26(34)33-16-17-37-28(20-33,21-36-25-10-8-24(29)9-11-25)18-27(35)31(2)19-23-6-4-3-5-7-23/h3-11,13,15H,12,14,16-21H2,1-2H3/t28-/m1/s1. The van der Waals surface area contributed by atoms with Gasteiger partial charge in [-0.25, -0.2) is 4.98 Å². The summed E-state index contributed by atoms with van der Waals surface area (Å²) >= 11 is 6.01. The van der Waals surface area contributed by atoms with Gasteiger partial charge in [-0.1, -0.05) is 41.9 Å². The number of aryl methyl sites for hydroxylation is 2. The highest BCUT2D eigenvalue weighted by atomic mass is 35.5. The number of carbonyl (C=O) groups is 2. The Balaban J connectivity index is 1.46. The Hall–Kier alpha value is -3.36. The van der Waals surface area contributed by atoms with Gasteiger partial charge < -0.3 is 23.8 Å². The number of carbonyl (C=O) groups excluding carboxylic acids is 2. The highest BCUT2D eigenvalue weighted by Crippen LogP contribution is 2.27. The molecule has 196 valence electrons. The van der Waals surface area contributed by atoms with Gasteiger partial charge in [0, 0.05) is 50.5 Å². The molecule has 1 aromatic heterocycles. The Morgan fingerprint density at radius 1 is 1.16 bits per heavy atom. The monoisotopic (exact) mass is 524 g/mol. The van der Waals surface area contributed by atoms with Gasteiger partial charge in [-0.05, 0) is 36.8 Å². The molecule has 2 heterocycles. The molecular formula is C28H33ClN4O4. The number of halogens is 1. The molecule has 0 spiro atoms.